The Morgan fingerprint density at radius 2 is 1.85 bits per heavy atom. The molecule has 0 saturated heterocycles. The van der Waals surface area contributed by atoms with Gasteiger partial charge in [-0.1, -0.05) is 18.2 Å². The molecule has 26 heavy (non-hydrogen) atoms. The van der Waals surface area contributed by atoms with Crippen LogP contribution < -0.4 is 5.73 Å². The topological polar surface area (TPSA) is 86.8 Å². The lowest BCUT2D eigenvalue weighted by molar-refractivity contribution is 0.0640. The minimum absolute atomic E-state index is 0.257. The average molecular weight is 360 g/mol. The second-order valence-electron chi connectivity index (χ2n) is 6.67. The molecule has 4 N–H and O–H groups in total. The third kappa shape index (κ3) is 4.46. The predicted molar refractivity (Wildman–Crippen MR) is 98.1 cm³/mol. The fourth-order valence-corrected chi connectivity index (χ4v) is 3.09. The molecule has 140 valence electrons. The third-order valence-electron chi connectivity index (χ3n) is 4.47. The van der Waals surface area contributed by atoms with Crippen molar-refractivity contribution in [3.8, 4) is 0 Å². The van der Waals surface area contributed by atoms with E-state index in [1.54, 1.807) is 6.07 Å². The lowest BCUT2D eigenvalue weighted by Crippen LogP contribution is -2.30. The Labute approximate surface area is 152 Å². The molecule has 0 aliphatic carbocycles. The molecule has 0 saturated carbocycles. The van der Waals surface area contributed by atoms with Crippen LogP contribution in [0.4, 0.5) is 4.39 Å². The van der Waals surface area contributed by atoms with Gasteiger partial charge in [0.1, 0.15) is 11.4 Å². The molecular formula is C20H25FN2O3. The summed E-state index contributed by atoms with van der Waals surface area (Å²) >= 11 is 0. The van der Waals surface area contributed by atoms with Gasteiger partial charge in [0.15, 0.2) is 0 Å². The van der Waals surface area contributed by atoms with Crippen LogP contribution in [0.15, 0.2) is 42.5 Å². The first-order valence-corrected chi connectivity index (χ1v) is 8.45. The Bertz CT molecular complexity index is 762. The first-order chi connectivity index (χ1) is 12.3. The van der Waals surface area contributed by atoms with E-state index in [9.17, 15) is 19.4 Å². The van der Waals surface area contributed by atoms with Crippen LogP contribution in [0.5, 0.6) is 0 Å². The van der Waals surface area contributed by atoms with Crippen LogP contribution in [-0.4, -0.2) is 41.7 Å². The molecule has 0 fully saturated rings. The summed E-state index contributed by atoms with van der Waals surface area (Å²) in [4.78, 5) is 13.4. The zero-order chi connectivity index (χ0) is 19.3. The summed E-state index contributed by atoms with van der Waals surface area (Å²) in [5.74, 6) is -1.000. The van der Waals surface area contributed by atoms with E-state index >= 15 is 0 Å². The van der Waals surface area contributed by atoms with Crippen molar-refractivity contribution in [1.29, 1.82) is 0 Å². The van der Waals surface area contributed by atoms with E-state index in [-0.39, 0.29) is 12.2 Å². The van der Waals surface area contributed by atoms with Gasteiger partial charge < -0.3 is 20.8 Å². The SMILES string of the molecule is CN(C)CCC[C@](O)(c1ccc(F)cc1)c1ccc(C(N)=O)cc1CO. The molecular weight excluding hydrogens is 335 g/mol. The van der Waals surface area contributed by atoms with Crippen molar-refractivity contribution in [1.82, 2.24) is 4.90 Å². The fourth-order valence-electron chi connectivity index (χ4n) is 3.09. The maximum atomic E-state index is 13.3. The van der Waals surface area contributed by atoms with E-state index in [2.05, 4.69) is 0 Å². The highest BCUT2D eigenvalue weighted by Gasteiger charge is 2.33. The Kier molecular flexibility index (Phi) is 6.47. The number of aliphatic hydroxyl groups excluding tert-OH is 1. The minimum Gasteiger partial charge on any atom is -0.392 e. The molecule has 0 spiro atoms. The maximum absolute atomic E-state index is 13.3. The molecule has 0 heterocycles. The highest BCUT2D eigenvalue weighted by atomic mass is 19.1. The molecule has 2 aromatic carbocycles. The largest absolute Gasteiger partial charge is 0.392 e. The van der Waals surface area contributed by atoms with E-state index in [1.165, 1.54) is 36.4 Å². The number of hydrogen-bond acceptors (Lipinski definition) is 4. The van der Waals surface area contributed by atoms with Gasteiger partial charge in [-0.25, -0.2) is 4.39 Å². The number of nitrogens with two attached hydrogens (primary N) is 1. The molecule has 2 aromatic rings. The average Bonchev–Trinajstić information content (AvgIpc) is 2.61. The Hall–Kier alpha value is -2.28. The van der Waals surface area contributed by atoms with Crippen molar-refractivity contribution in [2.45, 2.75) is 25.0 Å². The second-order valence-corrected chi connectivity index (χ2v) is 6.67. The van der Waals surface area contributed by atoms with Gasteiger partial charge in [-0.2, -0.15) is 0 Å². The summed E-state index contributed by atoms with van der Waals surface area (Å²) in [5.41, 5.74) is 5.57. The number of hydrogen-bond donors (Lipinski definition) is 3. The fraction of sp³-hybridized carbons (Fsp3) is 0.350. The van der Waals surface area contributed by atoms with Gasteiger partial charge in [-0.3, -0.25) is 4.79 Å². The minimum atomic E-state index is -1.42. The summed E-state index contributed by atoms with van der Waals surface area (Å²) in [7, 11) is 3.88. The van der Waals surface area contributed by atoms with Crippen molar-refractivity contribution in [2.24, 2.45) is 5.73 Å². The van der Waals surface area contributed by atoms with Crippen molar-refractivity contribution in [3.63, 3.8) is 0 Å². The number of halogens is 1. The van der Waals surface area contributed by atoms with Crippen molar-refractivity contribution in [2.75, 3.05) is 20.6 Å². The summed E-state index contributed by atoms with van der Waals surface area (Å²) in [6, 6.07) is 10.3. The van der Waals surface area contributed by atoms with Crippen LogP contribution in [0.3, 0.4) is 0 Å². The van der Waals surface area contributed by atoms with Crippen LogP contribution in [0, 0.1) is 5.82 Å². The number of aliphatic hydroxyl groups is 2. The molecule has 5 nitrogen and oxygen atoms in total. The summed E-state index contributed by atoms with van der Waals surface area (Å²) < 4.78 is 13.3. The highest BCUT2D eigenvalue weighted by Crippen LogP contribution is 2.36. The van der Waals surface area contributed by atoms with Gasteiger partial charge >= 0.3 is 0 Å². The molecule has 2 rings (SSSR count). The third-order valence-corrected chi connectivity index (χ3v) is 4.47. The number of rotatable bonds is 8. The predicted octanol–water partition coefficient (Wildman–Crippen LogP) is 1.99. The van der Waals surface area contributed by atoms with Crippen LogP contribution in [-0.2, 0) is 12.2 Å². The van der Waals surface area contributed by atoms with Crippen molar-refractivity contribution >= 4 is 5.91 Å². The summed E-state index contributed by atoms with van der Waals surface area (Å²) in [6.07, 6.45) is 1.06. The van der Waals surface area contributed by atoms with Crippen molar-refractivity contribution in [3.05, 3.63) is 70.5 Å². The van der Waals surface area contributed by atoms with E-state index in [4.69, 9.17) is 5.73 Å². The van der Waals surface area contributed by atoms with E-state index < -0.39 is 17.3 Å². The second kappa shape index (κ2) is 8.40. The van der Waals surface area contributed by atoms with Gasteiger partial charge in [-0.05, 0) is 74.4 Å². The number of nitrogens with zero attached hydrogens (tertiary/aromatic N) is 1. The number of benzene rings is 2. The van der Waals surface area contributed by atoms with Crippen LogP contribution >= 0.6 is 0 Å². The highest BCUT2D eigenvalue weighted by molar-refractivity contribution is 5.93. The monoisotopic (exact) mass is 360 g/mol. The van der Waals surface area contributed by atoms with Gasteiger partial charge in [0, 0.05) is 5.56 Å². The van der Waals surface area contributed by atoms with Gasteiger partial charge in [0.2, 0.25) is 5.91 Å². The Morgan fingerprint density at radius 1 is 1.19 bits per heavy atom. The molecule has 6 heteroatoms. The molecule has 0 unspecified atom stereocenters. The first kappa shape index (κ1) is 20.0. The normalized spacial score (nSPS) is 13.6. The molecule has 1 amide bonds. The standard InChI is InChI=1S/C20H25FN2O3/c1-23(2)11-3-10-20(26,16-5-7-17(21)8-6-16)18-9-4-14(19(22)25)12-15(18)13-24/h4-9,12,24,26H,3,10-11,13H2,1-2H3,(H2,22,25)/t20-/m0/s1. The Balaban J connectivity index is 2.52. The summed E-state index contributed by atoms with van der Waals surface area (Å²) in [5, 5.41) is 21.3. The zero-order valence-corrected chi connectivity index (χ0v) is 15.1. The van der Waals surface area contributed by atoms with Gasteiger partial charge in [-0.15, -0.1) is 0 Å². The van der Waals surface area contributed by atoms with Crippen LogP contribution in [0.2, 0.25) is 0 Å². The van der Waals surface area contributed by atoms with E-state index in [1.807, 2.05) is 19.0 Å². The quantitative estimate of drug-likeness (QED) is 0.672. The zero-order valence-electron chi connectivity index (χ0n) is 15.1. The number of carbonyl (C=O) groups is 1. The number of amides is 1. The Morgan fingerprint density at radius 3 is 2.38 bits per heavy atom. The van der Waals surface area contributed by atoms with Gasteiger partial charge in [0.05, 0.1) is 6.61 Å². The maximum Gasteiger partial charge on any atom is 0.248 e. The lowest BCUT2D eigenvalue weighted by Gasteiger charge is -2.32. The molecule has 0 aliphatic heterocycles. The molecule has 0 aromatic heterocycles. The van der Waals surface area contributed by atoms with E-state index in [0.29, 0.717) is 29.5 Å². The van der Waals surface area contributed by atoms with E-state index in [0.717, 1.165) is 6.54 Å². The van der Waals surface area contributed by atoms with Crippen LogP contribution in [0.1, 0.15) is 39.9 Å². The molecule has 0 bridgehead atoms. The molecule has 1 atom stereocenters. The van der Waals surface area contributed by atoms with Gasteiger partial charge in [0.25, 0.3) is 0 Å². The summed E-state index contributed by atoms with van der Waals surface area (Å²) in [6.45, 7) is 0.408. The number of carbonyl (C=O) groups excluding carboxylic acids is 1. The molecule has 0 radical (unpaired) electrons. The number of primary amides is 1. The molecule has 0 aliphatic rings. The van der Waals surface area contributed by atoms with Crippen LogP contribution in [0.25, 0.3) is 0 Å². The smallest absolute Gasteiger partial charge is 0.248 e. The van der Waals surface area contributed by atoms with Crippen molar-refractivity contribution < 1.29 is 19.4 Å². The lowest BCUT2D eigenvalue weighted by atomic mass is 9.80. The first-order valence-electron chi connectivity index (χ1n) is 8.45.